The first-order valence-electron chi connectivity index (χ1n) is 4.99. The molecule has 0 aliphatic carbocycles. The molecule has 86 valence electrons. The molecule has 0 fully saturated rings. The predicted octanol–water partition coefficient (Wildman–Crippen LogP) is 0.455. The van der Waals surface area contributed by atoms with E-state index in [-0.39, 0.29) is 12.1 Å². The summed E-state index contributed by atoms with van der Waals surface area (Å²) in [5.74, 6) is 1.70. The maximum atomic E-state index is 11.6. The van der Waals surface area contributed by atoms with E-state index in [4.69, 9.17) is 5.73 Å². The van der Waals surface area contributed by atoms with Crippen LogP contribution >= 0.6 is 0 Å². The van der Waals surface area contributed by atoms with Crippen LogP contribution in [0.15, 0.2) is 6.33 Å². The lowest BCUT2D eigenvalue weighted by Gasteiger charge is -2.09. The Balaban J connectivity index is 2.64. The van der Waals surface area contributed by atoms with Gasteiger partial charge in [-0.15, -0.1) is 0 Å². The molecule has 1 aromatic heterocycles. The molecular formula is C9H18N4OS. The van der Waals surface area contributed by atoms with Gasteiger partial charge in [-0.05, 0) is 20.8 Å². The van der Waals surface area contributed by atoms with Crippen LogP contribution in [-0.4, -0.2) is 30.8 Å². The van der Waals surface area contributed by atoms with Crippen molar-refractivity contribution in [3.8, 4) is 0 Å². The number of hydrogen-bond acceptors (Lipinski definition) is 4. The highest BCUT2D eigenvalue weighted by Gasteiger charge is 2.11. The molecule has 0 bridgehead atoms. The second-order valence-electron chi connectivity index (χ2n) is 3.94. The van der Waals surface area contributed by atoms with Gasteiger partial charge in [0.2, 0.25) is 0 Å². The molecule has 0 spiro atoms. The summed E-state index contributed by atoms with van der Waals surface area (Å²) < 4.78 is 13.4. The van der Waals surface area contributed by atoms with Crippen LogP contribution in [0.2, 0.25) is 0 Å². The summed E-state index contributed by atoms with van der Waals surface area (Å²) in [5.41, 5.74) is 5.58. The Hall–Kier alpha value is -0.750. The van der Waals surface area contributed by atoms with Crippen LogP contribution in [0.1, 0.15) is 32.6 Å². The second-order valence-corrected chi connectivity index (χ2v) is 5.44. The van der Waals surface area contributed by atoms with E-state index in [1.165, 1.54) is 6.33 Å². The highest BCUT2D eigenvalue weighted by Crippen LogP contribution is 2.07. The molecule has 6 heteroatoms. The highest BCUT2D eigenvalue weighted by molar-refractivity contribution is 7.84. The first-order valence-corrected chi connectivity index (χ1v) is 6.48. The van der Waals surface area contributed by atoms with Gasteiger partial charge >= 0.3 is 0 Å². The molecule has 0 radical (unpaired) electrons. The van der Waals surface area contributed by atoms with E-state index in [0.717, 1.165) is 5.82 Å². The van der Waals surface area contributed by atoms with Gasteiger partial charge in [-0.25, -0.2) is 9.67 Å². The first kappa shape index (κ1) is 12.3. The normalized spacial score (nSPS) is 15.5. The molecule has 2 unspecified atom stereocenters. The average Bonchev–Trinajstić information content (AvgIpc) is 2.50. The maximum absolute atomic E-state index is 11.6. The van der Waals surface area contributed by atoms with Crippen molar-refractivity contribution in [2.75, 3.05) is 5.75 Å². The topological polar surface area (TPSA) is 73.8 Å². The van der Waals surface area contributed by atoms with Crippen molar-refractivity contribution in [1.29, 1.82) is 0 Å². The molecule has 2 N–H and O–H groups in total. The summed E-state index contributed by atoms with van der Waals surface area (Å²) in [4.78, 5) is 4.10. The molecule has 0 aromatic carbocycles. The number of hydrogen-bond donors (Lipinski definition) is 1. The Morgan fingerprint density at radius 1 is 1.53 bits per heavy atom. The number of rotatable bonds is 5. The van der Waals surface area contributed by atoms with Gasteiger partial charge in [-0.2, -0.15) is 5.10 Å². The minimum atomic E-state index is -0.955. The molecule has 2 atom stereocenters. The fourth-order valence-electron chi connectivity index (χ4n) is 1.30. The van der Waals surface area contributed by atoms with E-state index in [1.807, 2.05) is 20.8 Å². The minimum absolute atomic E-state index is 0.0405. The maximum Gasteiger partial charge on any atom is 0.139 e. The van der Waals surface area contributed by atoms with Gasteiger partial charge in [0.05, 0.1) is 5.75 Å². The summed E-state index contributed by atoms with van der Waals surface area (Å²) >= 11 is 0. The lowest BCUT2D eigenvalue weighted by molar-refractivity contribution is 0.513. The molecule has 0 saturated heterocycles. The number of nitrogens with zero attached hydrogens (tertiary/aromatic N) is 3. The lowest BCUT2D eigenvalue weighted by atomic mass is 10.4. The lowest BCUT2D eigenvalue weighted by Crippen LogP contribution is -2.24. The summed E-state index contributed by atoms with van der Waals surface area (Å²) in [5, 5.41) is 4.09. The van der Waals surface area contributed by atoms with E-state index in [9.17, 15) is 4.21 Å². The van der Waals surface area contributed by atoms with E-state index >= 15 is 0 Å². The van der Waals surface area contributed by atoms with Crippen molar-refractivity contribution in [2.45, 2.75) is 38.6 Å². The molecule has 0 aliphatic rings. The van der Waals surface area contributed by atoms with Gasteiger partial charge in [0, 0.05) is 28.6 Å². The minimum Gasteiger partial charge on any atom is -0.327 e. The third-order valence-electron chi connectivity index (χ3n) is 1.88. The summed E-state index contributed by atoms with van der Waals surface area (Å²) in [6.45, 7) is 5.89. The van der Waals surface area contributed by atoms with E-state index in [2.05, 4.69) is 10.1 Å². The molecule has 1 rings (SSSR count). The smallest absolute Gasteiger partial charge is 0.139 e. The average molecular weight is 230 g/mol. The number of nitrogens with two attached hydrogens (primary N) is 1. The van der Waals surface area contributed by atoms with Gasteiger partial charge in [0.25, 0.3) is 0 Å². The molecule has 1 heterocycles. The Kier molecular flexibility index (Phi) is 4.41. The fourth-order valence-corrected chi connectivity index (χ4v) is 2.50. The SMILES string of the molecule is CC(N)CS(=O)Cc1ncnn1C(C)C. The molecule has 0 aliphatic heterocycles. The molecule has 0 amide bonds. The molecule has 15 heavy (non-hydrogen) atoms. The van der Waals surface area contributed by atoms with Crippen LogP contribution in [-0.2, 0) is 16.6 Å². The third kappa shape index (κ3) is 3.71. The standard InChI is InChI=1S/C9H18N4OS/c1-7(2)13-9(11-6-12-13)5-15(14)4-8(3)10/h6-8H,4-5,10H2,1-3H3. The van der Waals surface area contributed by atoms with Crippen molar-refractivity contribution < 1.29 is 4.21 Å². The van der Waals surface area contributed by atoms with Crippen molar-refractivity contribution in [1.82, 2.24) is 14.8 Å². The van der Waals surface area contributed by atoms with Crippen molar-refractivity contribution in [3.63, 3.8) is 0 Å². The predicted molar refractivity (Wildman–Crippen MR) is 60.8 cm³/mol. The summed E-state index contributed by atoms with van der Waals surface area (Å²) in [6.07, 6.45) is 1.50. The monoisotopic (exact) mass is 230 g/mol. The Labute approximate surface area is 92.5 Å². The van der Waals surface area contributed by atoms with Crippen LogP contribution in [0.4, 0.5) is 0 Å². The second kappa shape index (κ2) is 5.37. The van der Waals surface area contributed by atoms with Crippen molar-refractivity contribution >= 4 is 10.8 Å². The zero-order chi connectivity index (χ0) is 11.4. The van der Waals surface area contributed by atoms with Crippen LogP contribution in [0.3, 0.4) is 0 Å². The molecular weight excluding hydrogens is 212 g/mol. The zero-order valence-corrected chi connectivity index (χ0v) is 10.2. The van der Waals surface area contributed by atoms with E-state index < -0.39 is 10.8 Å². The van der Waals surface area contributed by atoms with Crippen molar-refractivity contribution in [2.24, 2.45) is 5.73 Å². The quantitative estimate of drug-likeness (QED) is 0.797. The van der Waals surface area contributed by atoms with Crippen LogP contribution in [0.25, 0.3) is 0 Å². The van der Waals surface area contributed by atoms with E-state index in [1.54, 1.807) is 4.68 Å². The van der Waals surface area contributed by atoms with E-state index in [0.29, 0.717) is 11.5 Å². The summed E-state index contributed by atoms with van der Waals surface area (Å²) in [6, 6.07) is 0.205. The highest BCUT2D eigenvalue weighted by atomic mass is 32.2. The van der Waals surface area contributed by atoms with Gasteiger partial charge in [-0.1, -0.05) is 0 Å². The van der Waals surface area contributed by atoms with Gasteiger partial charge < -0.3 is 5.73 Å². The van der Waals surface area contributed by atoms with Gasteiger partial charge in [0.15, 0.2) is 0 Å². The third-order valence-corrected chi connectivity index (χ3v) is 3.35. The zero-order valence-electron chi connectivity index (χ0n) is 9.38. The van der Waals surface area contributed by atoms with Crippen LogP contribution in [0, 0.1) is 0 Å². The number of aromatic nitrogens is 3. The van der Waals surface area contributed by atoms with Crippen LogP contribution < -0.4 is 5.73 Å². The molecule has 5 nitrogen and oxygen atoms in total. The van der Waals surface area contributed by atoms with Gasteiger partial charge in [0.1, 0.15) is 12.2 Å². The Morgan fingerprint density at radius 2 is 2.20 bits per heavy atom. The summed E-state index contributed by atoms with van der Waals surface area (Å²) in [7, 11) is -0.955. The fraction of sp³-hybridized carbons (Fsp3) is 0.778. The molecule has 0 saturated carbocycles. The first-order chi connectivity index (χ1) is 7.00. The largest absolute Gasteiger partial charge is 0.327 e. The Morgan fingerprint density at radius 3 is 2.73 bits per heavy atom. The Bertz CT molecular complexity index is 335. The van der Waals surface area contributed by atoms with Crippen LogP contribution in [0.5, 0.6) is 0 Å². The van der Waals surface area contributed by atoms with Crippen molar-refractivity contribution in [3.05, 3.63) is 12.2 Å². The molecule has 1 aromatic rings. The van der Waals surface area contributed by atoms with Gasteiger partial charge in [-0.3, -0.25) is 4.21 Å².